The molecule has 0 radical (unpaired) electrons. The highest BCUT2D eigenvalue weighted by atomic mass is 19.3. The monoisotopic (exact) mass is 689 g/mol. The SMILES string of the molecule is CCn1nccc1C(=O)N[C@H](C(=O)Nc1ccc([C@H](C)[C@@H](NC(=O)COC)C(=O)N2CCN(C)[C@H](C)C2)cc1F)C1CCC(=C(F)F)CC1. The number of ether oxygens (including phenoxy) is 1. The van der Waals surface area contributed by atoms with Crippen LogP contribution in [0, 0.1) is 11.7 Å². The van der Waals surface area contributed by atoms with Gasteiger partial charge in [-0.05, 0) is 81.8 Å². The number of benzene rings is 1. The van der Waals surface area contributed by atoms with E-state index >= 15 is 4.39 Å². The molecule has 4 atom stereocenters. The Morgan fingerprint density at radius 3 is 2.41 bits per heavy atom. The minimum atomic E-state index is -1.73. The Morgan fingerprint density at radius 2 is 1.80 bits per heavy atom. The van der Waals surface area contributed by atoms with Crippen LogP contribution in [-0.2, 0) is 25.7 Å². The van der Waals surface area contributed by atoms with Gasteiger partial charge >= 0.3 is 0 Å². The molecule has 0 spiro atoms. The molecule has 3 N–H and O–H groups in total. The van der Waals surface area contributed by atoms with E-state index in [4.69, 9.17) is 4.74 Å². The van der Waals surface area contributed by atoms with Gasteiger partial charge in [-0.2, -0.15) is 13.9 Å². The Kier molecular flexibility index (Phi) is 13.0. The number of hydrogen-bond acceptors (Lipinski definition) is 7. The second-order valence-corrected chi connectivity index (χ2v) is 12.8. The molecule has 1 aromatic heterocycles. The predicted molar refractivity (Wildman–Crippen MR) is 176 cm³/mol. The average Bonchev–Trinajstić information content (AvgIpc) is 3.57. The molecule has 268 valence electrons. The number of rotatable bonds is 12. The van der Waals surface area contributed by atoms with Gasteiger partial charge in [0, 0.05) is 51.4 Å². The minimum absolute atomic E-state index is 0.0267. The van der Waals surface area contributed by atoms with Crippen molar-refractivity contribution in [2.75, 3.05) is 45.7 Å². The summed E-state index contributed by atoms with van der Waals surface area (Å²) in [6.07, 6.45) is 0.343. The van der Waals surface area contributed by atoms with Gasteiger partial charge in [0.25, 0.3) is 12.0 Å². The number of amides is 4. The number of allylic oxidation sites excluding steroid dienone is 1. The first kappa shape index (κ1) is 37.6. The van der Waals surface area contributed by atoms with Crippen LogP contribution >= 0.6 is 0 Å². The normalized spacial score (nSPS) is 20.2. The van der Waals surface area contributed by atoms with Crippen LogP contribution in [0.15, 0.2) is 42.1 Å². The molecule has 1 aliphatic heterocycles. The van der Waals surface area contributed by atoms with E-state index in [0.717, 1.165) is 0 Å². The van der Waals surface area contributed by atoms with Gasteiger partial charge in [-0.3, -0.25) is 23.9 Å². The number of anilines is 1. The summed E-state index contributed by atoms with van der Waals surface area (Å²) >= 11 is 0. The zero-order valence-electron chi connectivity index (χ0n) is 28.6. The summed E-state index contributed by atoms with van der Waals surface area (Å²) in [6.45, 7) is 7.29. The summed E-state index contributed by atoms with van der Waals surface area (Å²) in [7, 11) is 3.34. The second kappa shape index (κ2) is 16.9. The van der Waals surface area contributed by atoms with Crippen molar-refractivity contribution in [1.29, 1.82) is 0 Å². The van der Waals surface area contributed by atoms with Crippen molar-refractivity contribution in [3.8, 4) is 0 Å². The lowest BCUT2D eigenvalue weighted by atomic mass is 9.81. The van der Waals surface area contributed by atoms with Crippen LogP contribution < -0.4 is 16.0 Å². The fourth-order valence-corrected chi connectivity index (χ4v) is 6.41. The molecule has 4 amide bonds. The van der Waals surface area contributed by atoms with Gasteiger partial charge in [0.05, 0.1) is 5.69 Å². The van der Waals surface area contributed by atoms with E-state index in [-0.39, 0.29) is 61.2 Å². The number of aryl methyl sites for hydroxylation is 1. The summed E-state index contributed by atoms with van der Waals surface area (Å²) < 4.78 is 48.6. The maximum Gasteiger partial charge on any atom is 0.270 e. The topological polar surface area (TPSA) is 138 Å². The Hall–Kier alpha value is -4.24. The van der Waals surface area contributed by atoms with Crippen molar-refractivity contribution >= 4 is 29.3 Å². The standard InChI is InChI=1S/C34H46F3N7O5/c1-6-44-27(13-14-38-44)32(46)41-30(22-7-9-23(10-8-22)31(36)37)33(47)39-26-12-11-24(17-25(26)35)21(3)29(40-28(45)19-49-5)34(48)43-16-15-42(4)20(2)18-43/h11-14,17,20-22,29-30H,6-10,15-16,18-19H2,1-5H3,(H,39,47)(H,40,45)(H,41,46)/t20-,21+,29-,30+/m1/s1. The molecule has 15 heteroatoms. The number of nitrogens with zero attached hydrogens (tertiary/aromatic N) is 4. The van der Waals surface area contributed by atoms with Crippen molar-refractivity contribution < 1.29 is 37.1 Å². The van der Waals surface area contributed by atoms with Crippen molar-refractivity contribution in [2.45, 2.75) is 77.0 Å². The highest BCUT2D eigenvalue weighted by Gasteiger charge is 2.36. The van der Waals surface area contributed by atoms with Crippen LogP contribution in [-0.4, -0.2) is 102 Å². The van der Waals surface area contributed by atoms with Gasteiger partial charge in [-0.15, -0.1) is 0 Å². The van der Waals surface area contributed by atoms with Crippen LogP contribution in [0.4, 0.5) is 18.9 Å². The first-order chi connectivity index (χ1) is 23.3. The molecule has 2 heterocycles. The van der Waals surface area contributed by atoms with Crippen molar-refractivity contribution in [1.82, 2.24) is 30.2 Å². The van der Waals surface area contributed by atoms with E-state index in [0.29, 0.717) is 31.7 Å². The summed E-state index contributed by atoms with van der Waals surface area (Å²) in [6, 6.07) is 3.60. The van der Waals surface area contributed by atoms with Crippen LogP contribution in [0.25, 0.3) is 0 Å². The number of hydrogen-bond donors (Lipinski definition) is 3. The van der Waals surface area contributed by atoms with Gasteiger partial charge in [0.1, 0.15) is 30.2 Å². The lowest BCUT2D eigenvalue weighted by Gasteiger charge is -2.40. The number of carbonyl (C=O) groups excluding carboxylic acids is 4. The molecule has 0 bridgehead atoms. The van der Waals surface area contributed by atoms with Gasteiger partial charge in [0.15, 0.2) is 0 Å². The molecular weight excluding hydrogens is 643 g/mol. The maximum absolute atomic E-state index is 15.7. The quantitative estimate of drug-likeness (QED) is 0.310. The molecule has 1 aromatic carbocycles. The van der Waals surface area contributed by atoms with Crippen LogP contribution in [0.2, 0.25) is 0 Å². The number of halogens is 3. The molecule has 0 unspecified atom stereocenters. The van der Waals surface area contributed by atoms with Crippen molar-refractivity contribution in [3.63, 3.8) is 0 Å². The Morgan fingerprint density at radius 1 is 1.08 bits per heavy atom. The van der Waals surface area contributed by atoms with E-state index < -0.39 is 53.5 Å². The van der Waals surface area contributed by atoms with E-state index in [1.165, 1.54) is 36.2 Å². The van der Waals surface area contributed by atoms with Gasteiger partial charge in [-0.1, -0.05) is 13.0 Å². The highest BCUT2D eigenvalue weighted by molar-refractivity contribution is 6.00. The number of methoxy groups -OCH3 is 1. The van der Waals surface area contributed by atoms with E-state index in [1.807, 2.05) is 14.0 Å². The summed E-state index contributed by atoms with van der Waals surface area (Å²) in [5, 5.41) is 12.1. The fourth-order valence-electron chi connectivity index (χ4n) is 6.41. The number of nitrogens with one attached hydrogen (secondary N) is 3. The Labute approximate surface area is 284 Å². The molecular formula is C34H46F3N7O5. The van der Waals surface area contributed by atoms with E-state index in [2.05, 4.69) is 25.9 Å². The zero-order valence-corrected chi connectivity index (χ0v) is 28.6. The molecule has 2 aliphatic rings. The number of carbonyl (C=O) groups is 4. The number of likely N-dealkylation sites (N-methyl/N-ethyl adjacent to an activating group) is 1. The average molecular weight is 690 g/mol. The first-order valence-corrected chi connectivity index (χ1v) is 16.6. The summed E-state index contributed by atoms with van der Waals surface area (Å²) in [5.74, 6) is -3.97. The molecule has 49 heavy (non-hydrogen) atoms. The molecule has 4 rings (SSSR count). The smallest absolute Gasteiger partial charge is 0.270 e. The molecule has 1 saturated carbocycles. The molecule has 2 fully saturated rings. The lowest BCUT2D eigenvalue weighted by molar-refractivity contribution is -0.140. The van der Waals surface area contributed by atoms with Crippen LogP contribution in [0.1, 0.15) is 68.4 Å². The third-order valence-electron chi connectivity index (χ3n) is 9.60. The first-order valence-electron chi connectivity index (χ1n) is 16.6. The third-order valence-corrected chi connectivity index (χ3v) is 9.60. The lowest BCUT2D eigenvalue weighted by Crippen LogP contribution is -2.58. The van der Waals surface area contributed by atoms with Crippen LogP contribution in [0.3, 0.4) is 0 Å². The molecule has 1 aliphatic carbocycles. The minimum Gasteiger partial charge on any atom is -0.375 e. The second-order valence-electron chi connectivity index (χ2n) is 12.8. The van der Waals surface area contributed by atoms with Gasteiger partial charge < -0.3 is 30.5 Å². The van der Waals surface area contributed by atoms with E-state index in [1.54, 1.807) is 24.8 Å². The third kappa shape index (κ3) is 9.26. The van der Waals surface area contributed by atoms with Crippen molar-refractivity contribution in [2.24, 2.45) is 5.92 Å². The largest absolute Gasteiger partial charge is 0.375 e. The maximum atomic E-state index is 15.7. The summed E-state index contributed by atoms with van der Waals surface area (Å²) in [5.41, 5.74) is 0.498. The molecule has 2 aromatic rings. The van der Waals surface area contributed by atoms with Gasteiger partial charge in [-0.25, -0.2) is 4.39 Å². The highest BCUT2D eigenvalue weighted by Crippen LogP contribution is 2.34. The fraction of sp³-hybridized carbons (Fsp3) is 0.559. The van der Waals surface area contributed by atoms with Gasteiger partial charge in [0.2, 0.25) is 17.7 Å². The Bertz CT molecular complexity index is 1540. The zero-order chi connectivity index (χ0) is 35.8. The van der Waals surface area contributed by atoms with Crippen molar-refractivity contribution in [3.05, 3.63) is 59.2 Å². The predicted octanol–water partition coefficient (Wildman–Crippen LogP) is 3.52. The summed E-state index contributed by atoms with van der Waals surface area (Å²) in [4.78, 5) is 57.0. The number of piperazine rings is 1. The Balaban J connectivity index is 1.54. The molecule has 12 nitrogen and oxygen atoms in total. The van der Waals surface area contributed by atoms with Crippen LogP contribution in [0.5, 0.6) is 0 Å². The number of aromatic nitrogens is 2. The van der Waals surface area contributed by atoms with E-state index in [9.17, 15) is 28.0 Å². The molecule has 1 saturated heterocycles.